The van der Waals surface area contributed by atoms with Gasteiger partial charge < -0.3 is 41.3 Å². The number of amides is 6. The predicted octanol–water partition coefficient (Wildman–Crippen LogP) is 3.93. The number of likely N-dealkylation sites (tertiary alicyclic amines) is 1. The van der Waals surface area contributed by atoms with Crippen LogP contribution in [0.25, 0.3) is 22.3 Å². The standard InChI is InChI=1S/C43H43ClF2N6O8/c1-23-38(56)50-33(40(58)49-24(2)42(60)52-17-16-43(45,46)22-52)19-25-4-14-34(53)31(18-25)32-20-29(11-15-35(32)54)37(41(59)48-23)51(3)36(55)21-47-39(57)28-7-5-26(6-8-28)27-9-12-30(44)13-10-27/h4-15,18,20,23-24,33,37,53-54H,16-17,19,21-22H2,1-3H3,(H,47,57)(H,48,59)(H,49,58)(H,50,56)/t23-,24-,33?,37?/m0/s1. The van der Waals surface area contributed by atoms with Gasteiger partial charge in [0.25, 0.3) is 11.8 Å². The zero-order chi connectivity index (χ0) is 43.5. The van der Waals surface area contributed by atoms with Gasteiger partial charge in [-0.2, -0.15) is 0 Å². The van der Waals surface area contributed by atoms with Gasteiger partial charge in [-0.05, 0) is 84.6 Å². The summed E-state index contributed by atoms with van der Waals surface area (Å²) in [6.07, 6.45) is -0.695. The van der Waals surface area contributed by atoms with Crippen LogP contribution in [0.2, 0.25) is 5.02 Å². The van der Waals surface area contributed by atoms with Crippen molar-refractivity contribution in [3.05, 3.63) is 107 Å². The number of hydrogen-bond acceptors (Lipinski definition) is 8. The number of nitrogens with one attached hydrogen (secondary N) is 4. The van der Waals surface area contributed by atoms with Crippen LogP contribution in [0.15, 0.2) is 84.9 Å². The van der Waals surface area contributed by atoms with E-state index in [0.717, 1.165) is 20.9 Å². The molecule has 2 unspecified atom stereocenters. The van der Waals surface area contributed by atoms with Crippen molar-refractivity contribution in [1.82, 2.24) is 31.1 Å². The highest BCUT2D eigenvalue weighted by Crippen LogP contribution is 2.39. The van der Waals surface area contributed by atoms with Crippen LogP contribution >= 0.6 is 11.6 Å². The number of likely N-dealkylation sites (N-methyl/N-ethyl adjacent to an activating group) is 1. The third-order valence-corrected chi connectivity index (χ3v) is 10.7. The Morgan fingerprint density at radius 2 is 1.52 bits per heavy atom. The van der Waals surface area contributed by atoms with Crippen molar-refractivity contribution in [2.45, 2.75) is 56.8 Å². The van der Waals surface area contributed by atoms with Crippen molar-refractivity contribution in [2.24, 2.45) is 0 Å². The van der Waals surface area contributed by atoms with Gasteiger partial charge in [0.1, 0.15) is 35.7 Å². The zero-order valence-electron chi connectivity index (χ0n) is 32.8. The highest BCUT2D eigenvalue weighted by Gasteiger charge is 2.42. The van der Waals surface area contributed by atoms with Crippen LogP contribution in [-0.2, 0) is 30.4 Å². The van der Waals surface area contributed by atoms with Gasteiger partial charge in [-0.3, -0.25) is 28.8 Å². The van der Waals surface area contributed by atoms with Crippen molar-refractivity contribution in [1.29, 1.82) is 0 Å². The minimum absolute atomic E-state index is 0.0672. The van der Waals surface area contributed by atoms with Gasteiger partial charge in [0.2, 0.25) is 29.5 Å². The second kappa shape index (κ2) is 17.7. The van der Waals surface area contributed by atoms with Crippen LogP contribution in [0.3, 0.4) is 0 Å². The summed E-state index contributed by atoms with van der Waals surface area (Å²) in [5.74, 6) is -8.10. The summed E-state index contributed by atoms with van der Waals surface area (Å²) < 4.78 is 27.7. The molecule has 4 bridgehead atoms. The maximum absolute atomic E-state index is 14.1. The minimum Gasteiger partial charge on any atom is -0.507 e. The maximum atomic E-state index is 14.1. The summed E-state index contributed by atoms with van der Waals surface area (Å²) in [7, 11) is 1.32. The van der Waals surface area contributed by atoms with E-state index in [1.54, 1.807) is 36.4 Å². The topological polar surface area (TPSA) is 197 Å². The van der Waals surface area contributed by atoms with Gasteiger partial charge in [-0.15, -0.1) is 0 Å². The van der Waals surface area contributed by atoms with Crippen LogP contribution in [0.1, 0.15) is 47.8 Å². The first kappa shape index (κ1) is 43.0. The van der Waals surface area contributed by atoms with E-state index in [0.29, 0.717) is 10.6 Å². The van der Waals surface area contributed by atoms with Gasteiger partial charge in [-0.1, -0.05) is 48.0 Å². The molecule has 60 heavy (non-hydrogen) atoms. The second-order valence-corrected chi connectivity index (χ2v) is 15.3. The Kier molecular flexibility index (Phi) is 12.7. The van der Waals surface area contributed by atoms with E-state index in [1.807, 2.05) is 12.1 Å². The molecule has 0 aromatic heterocycles. The highest BCUT2D eigenvalue weighted by atomic mass is 35.5. The smallest absolute Gasteiger partial charge is 0.267 e. The van der Waals surface area contributed by atoms with E-state index >= 15 is 0 Å². The molecule has 17 heteroatoms. The molecule has 2 heterocycles. The Morgan fingerprint density at radius 1 is 0.900 bits per heavy atom. The monoisotopic (exact) mass is 844 g/mol. The molecule has 0 spiro atoms. The average Bonchev–Trinajstić information content (AvgIpc) is 3.59. The number of halogens is 3. The summed E-state index contributed by atoms with van der Waals surface area (Å²) in [5, 5.41) is 32.8. The van der Waals surface area contributed by atoms with Crippen molar-refractivity contribution in [3.63, 3.8) is 0 Å². The van der Waals surface area contributed by atoms with Gasteiger partial charge >= 0.3 is 0 Å². The normalized spacial score (nSPS) is 19.2. The number of hydrogen-bond donors (Lipinski definition) is 6. The number of nitrogens with zero attached hydrogens (tertiary/aromatic N) is 2. The van der Waals surface area contributed by atoms with Crippen molar-refractivity contribution >= 4 is 47.0 Å². The van der Waals surface area contributed by atoms with Gasteiger partial charge in [-0.25, -0.2) is 8.78 Å². The fourth-order valence-electron chi connectivity index (χ4n) is 7.07. The van der Waals surface area contributed by atoms with Crippen molar-refractivity contribution in [3.8, 4) is 33.8 Å². The molecule has 0 aliphatic carbocycles. The summed E-state index contributed by atoms with van der Waals surface area (Å²) in [5.41, 5.74) is 2.73. The quantitative estimate of drug-likeness (QED) is 0.153. The van der Waals surface area contributed by atoms with E-state index in [-0.39, 0.29) is 46.7 Å². The van der Waals surface area contributed by atoms with Crippen LogP contribution in [0.5, 0.6) is 11.5 Å². The number of phenols is 2. The molecule has 6 rings (SSSR count). The molecule has 14 nitrogen and oxygen atoms in total. The lowest BCUT2D eigenvalue weighted by Crippen LogP contribution is -2.57. The molecule has 0 saturated carbocycles. The molecule has 6 amide bonds. The fourth-order valence-corrected chi connectivity index (χ4v) is 7.20. The summed E-state index contributed by atoms with van der Waals surface area (Å²) in [6.45, 7) is 1.18. The number of benzene rings is 4. The van der Waals surface area contributed by atoms with Crippen molar-refractivity contribution < 1.29 is 47.8 Å². The van der Waals surface area contributed by atoms with Crippen molar-refractivity contribution in [2.75, 3.05) is 26.7 Å². The van der Waals surface area contributed by atoms with E-state index in [4.69, 9.17) is 11.6 Å². The first-order chi connectivity index (χ1) is 28.4. The summed E-state index contributed by atoms with van der Waals surface area (Å²) >= 11 is 5.99. The highest BCUT2D eigenvalue weighted by molar-refractivity contribution is 6.30. The van der Waals surface area contributed by atoms with Gasteiger partial charge in [0.05, 0.1) is 13.1 Å². The summed E-state index contributed by atoms with van der Waals surface area (Å²) in [6, 6.07) is 16.9. The predicted molar refractivity (Wildman–Crippen MR) is 217 cm³/mol. The molecule has 2 aliphatic heterocycles. The Bertz CT molecular complexity index is 2330. The van der Waals surface area contributed by atoms with Gasteiger partial charge in [0, 0.05) is 48.1 Å². The maximum Gasteiger partial charge on any atom is 0.267 e. The third-order valence-electron chi connectivity index (χ3n) is 10.5. The first-order valence-corrected chi connectivity index (χ1v) is 19.4. The summed E-state index contributed by atoms with van der Waals surface area (Å²) in [4.78, 5) is 83.1. The van der Waals surface area contributed by atoms with E-state index in [2.05, 4.69) is 21.3 Å². The van der Waals surface area contributed by atoms with E-state index in [9.17, 15) is 47.8 Å². The SMILES string of the molecule is C[C@@H]1NC(=O)C(N(C)C(=O)CNC(=O)c2ccc(-c3ccc(Cl)cc3)cc2)c2ccc(O)c(c2)-c2cc(ccc2O)CC(C(=O)N[C@@H](C)C(=O)N2CCC(F)(F)C2)NC1=O. The molecule has 4 atom stereocenters. The Morgan fingerprint density at radius 3 is 2.15 bits per heavy atom. The molecule has 2 aliphatic rings. The average molecular weight is 845 g/mol. The lowest BCUT2D eigenvalue weighted by molar-refractivity contribution is -0.140. The van der Waals surface area contributed by atoms with Gasteiger partial charge in [0.15, 0.2) is 0 Å². The molecular weight excluding hydrogens is 802 g/mol. The molecular formula is C43H43ClF2N6O8. The molecule has 4 aromatic carbocycles. The zero-order valence-corrected chi connectivity index (χ0v) is 33.6. The molecule has 314 valence electrons. The second-order valence-electron chi connectivity index (χ2n) is 14.9. The largest absolute Gasteiger partial charge is 0.507 e. The Labute approximate surface area is 348 Å². The lowest BCUT2D eigenvalue weighted by atomic mass is 9.93. The van der Waals surface area contributed by atoms with Crippen LogP contribution < -0.4 is 21.3 Å². The fraction of sp³-hybridized carbons (Fsp3) is 0.302. The van der Waals surface area contributed by atoms with Crippen LogP contribution in [0.4, 0.5) is 8.78 Å². The molecule has 0 radical (unpaired) electrons. The number of fused-ring (bicyclic) bond motifs is 5. The number of rotatable bonds is 8. The number of carbonyl (C=O) groups excluding carboxylic acids is 6. The molecule has 1 fully saturated rings. The Balaban J connectivity index is 1.23. The minimum atomic E-state index is -3.05. The number of alkyl halides is 2. The third kappa shape index (κ3) is 9.82. The lowest BCUT2D eigenvalue weighted by Gasteiger charge is -2.30. The van der Waals surface area contributed by atoms with E-state index < -0.39 is 85.0 Å². The van der Waals surface area contributed by atoms with E-state index in [1.165, 1.54) is 57.3 Å². The molecule has 1 saturated heterocycles. The van der Waals surface area contributed by atoms with Crippen LogP contribution in [0, 0.1) is 0 Å². The number of aromatic hydroxyl groups is 2. The first-order valence-electron chi connectivity index (χ1n) is 19.0. The Hall–Kier alpha value is -6.55. The number of carbonyl (C=O) groups is 6. The number of phenolic OH excluding ortho intramolecular Hbond substituents is 2. The van der Waals surface area contributed by atoms with Crippen LogP contribution in [-0.4, -0.2) is 106 Å². The molecule has 4 aromatic rings. The molecule has 6 N–H and O–H groups in total.